The minimum atomic E-state index is 0.403. The Balaban J connectivity index is 2.04. The molecule has 0 unspecified atom stereocenters. The zero-order valence-electron chi connectivity index (χ0n) is 8.05. The number of ketones is 1. The largest absolute Gasteiger partial charge is 0.309 e. The molecule has 0 aromatic carbocycles. The average Bonchev–Trinajstić information content (AvgIpc) is 2.35. The van der Waals surface area contributed by atoms with Gasteiger partial charge in [0.15, 0.2) is 0 Å². The van der Waals surface area contributed by atoms with Crippen LogP contribution in [0.3, 0.4) is 0 Å². The molecule has 0 amide bonds. The Kier molecular flexibility index (Phi) is 3.69. The Labute approximate surface area is 74.3 Å². The highest BCUT2D eigenvalue weighted by atomic mass is 16.1. The summed E-state index contributed by atoms with van der Waals surface area (Å²) < 4.78 is 0. The van der Waals surface area contributed by atoms with E-state index in [1.165, 1.54) is 6.42 Å². The van der Waals surface area contributed by atoms with E-state index >= 15 is 0 Å². The molecule has 0 radical (unpaired) electrons. The summed E-state index contributed by atoms with van der Waals surface area (Å²) in [5, 5.41) is 0. The van der Waals surface area contributed by atoms with Gasteiger partial charge in [0, 0.05) is 13.0 Å². The van der Waals surface area contributed by atoms with Crippen LogP contribution in [-0.2, 0) is 4.79 Å². The fourth-order valence-electron chi connectivity index (χ4n) is 1.49. The fraction of sp³-hybridized carbons (Fsp3) is 0.889. The summed E-state index contributed by atoms with van der Waals surface area (Å²) >= 11 is 0. The molecule has 1 saturated heterocycles. The van der Waals surface area contributed by atoms with Crippen molar-refractivity contribution in [3.05, 3.63) is 0 Å². The van der Waals surface area contributed by atoms with Gasteiger partial charge in [-0.15, -0.1) is 0 Å². The monoisotopic (exact) mass is 170 g/mol. The molecular formula is C9H18N2O. The number of nitrogens with zero attached hydrogens (tertiary/aromatic N) is 2. The van der Waals surface area contributed by atoms with Crippen LogP contribution in [-0.4, -0.2) is 55.9 Å². The summed E-state index contributed by atoms with van der Waals surface area (Å²) in [6.07, 6.45) is 1.93. The van der Waals surface area contributed by atoms with Gasteiger partial charge in [-0.1, -0.05) is 0 Å². The van der Waals surface area contributed by atoms with E-state index < -0.39 is 0 Å². The second-order valence-electron chi connectivity index (χ2n) is 3.72. The summed E-state index contributed by atoms with van der Waals surface area (Å²) in [6, 6.07) is 0. The number of likely N-dealkylation sites (tertiary alicyclic amines) is 1. The molecule has 12 heavy (non-hydrogen) atoms. The number of carbonyl (C=O) groups is 1. The Morgan fingerprint density at radius 2 is 2.25 bits per heavy atom. The van der Waals surface area contributed by atoms with Crippen molar-refractivity contribution in [2.45, 2.75) is 12.8 Å². The number of hydrogen-bond acceptors (Lipinski definition) is 3. The molecule has 1 aliphatic heterocycles. The van der Waals surface area contributed by atoms with E-state index in [-0.39, 0.29) is 0 Å². The third-order valence-electron chi connectivity index (χ3n) is 2.19. The van der Waals surface area contributed by atoms with E-state index in [1.54, 1.807) is 0 Å². The van der Waals surface area contributed by atoms with Crippen molar-refractivity contribution in [2.24, 2.45) is 0 Å². The van der Waals surface area contributed by atoms with Crippen LogP contribution in [0.1, 0.15) is 12.8 Å². The quantitative estimate of drug-likeness (QED) is 0.602. The molecular weight excluding hydrogens is 152 g/mol. The summed E-state index contributed by atoms with van der Waals surface area (Å²) in [4.78, 5) is 15.3. The van der Waals surface area contributed by atoms with Gasteiger partial charge in [-0.25, -0.2) is 0 Å². The second-order valence-corrected chi connectivity index (χ2v) is 3.72. The van der Waals surface area contributed by atoms with E-state index in [4.69, 9.17) is 0 Å². The maximum atomic E-state index is 10.9. The first-order valence-corrected chi connectivity index (χ1v) is 4.57. The van der Waals surface area contributed by atoms with Crippen molar-refractivity contribution in [1.29, 1.82) is 0 Å². The highest BCUT2D eigenvalue weighted by Crippen LogP contribution is 2.04. The number of rotatable bonds is 4. The van der Waals surface area contributed by atoms with Crippen LogP contribution in [0.25, 0.3) is 0 Å². The van der Waals surface area contributed by atoms with Crippen molar-refractivity contribution in [3.63, 3.8) is 0 Å². The molecule has 0 N–H and O–H groups in total. The van der Waals surface area contributed by atoms with Crippen molar-refractivity contribution in [3.8, 4) is 0 Å². The molecule has 1 fully saturated rings. The molecule has 0 aromatic rings. The first-order valence-electron chi connectivity index (χ1n) is 4.57. The lowest BCUT2D eigenvalue weighted by atomic mass is 10.4. The van der Waals surface area contributed by atoms with Crippen LogP contribution >= 0.6 is 0 Å². The minimum absolute atomic E-state index is 0.403. The van der Waals surface area contributed by atoms with Crippen LogP contribution in [0.2, 0.25) is 0 Å². The van der Waals surface area contributed by atoms with E-state index in [2.05, 4.69) is 23.9 Å². The molecule has 1 heterocycles. The lowest BCUT2D eigenvalue weighted by Crippen LogP contribution is -2.25. The van der Waals surface area contributed by atoms with Gasteiger partial charge in [-0.05, 0) is 33.6 Å². The molecule has 3 heteroatoms. The van der Waals surface area contributed by atoms with Gasteiger partial charge in [0.05, 0.1) is 6.54 Å². The molecule has 0 aliphatic carbocycles. The number of carbonyl (C=O) groups excluding carboxylic acids is 1. The van der Waals surface area contributed by atoms with E-state index in [9.17, 15) is 4.79 Å². The van der Waals surface area contributed by atoms with Crippen LogP contribution in [0.5, 0.6) is 0 Å². The van der Waals surface area contributed by atoms with Crippen LogP contribution in [0.15, 0.2) is 0 Å². The fourth-order valence-corrected chi connectivity index (χ4v) is 1.49. The van der Waals surface area contributed by atoms with Crippen LogP contribution in [0, 0.1) is 0 Å². The summed E-state index contributed by atoms with van der Waals surface area (Å²) in [6.45, 7) is 3.86. The standard InChI is InChI=1S/C9H18N2O/c1-10(2)5-3-6-11-7-4-9(12)8-11/h3-8H2,1-2H3. The summed E-state index contributed by atoms with van der Waals surface area (Å²) in [5.74, 6) is 0.403. The predicted octanol–water partition coefficient (Wildman–Crippen LogP) is 0.213. The van der Waals surface area contributed by atoms with Crippen LogP contribution in [0.4, 0.5) is 0 Å². The topological polar surface area (TPSA) is 23.6 Å². The number of hydrogen-bond donors (Lipinski definition) is 0. The molecule has 0 atom stereocenters. The zero-order valence-corrected chi connectivity index (χ0v) is 8.05. The SMILES string of the molecule is CN(C)CCCN1CCC(=O)C1. The van der Waals surface area contributed by atoms with E-state index in [1.807, 2.05) is 0 Å². The molecule has 0 spiro atoms. The predicted molar refractivity (Wildman–Crippen MR) is 49.2 cm³/mol. The van der Waals surface area contributed by atoms with Gasteiger partial charge in [0.2, 0.25) is 0 Å². The van der Waals surface area contributed by atoms with Gasteiger partial charge in [0.1, 0.15) is 5.78 Å². The highest BCUT2D eigenvalue weighted by Gasteiger charge is 2.17. The van der Waals surface area contributed by atoms with Crippen LogP contribution < -0.4 is 0 Å². The van der Waals surface area contributed by atoms with Crippen molar-refractivity contribution in [1.82, 2.24) is 9.80 Å². The normalized spacial score (nSPS) is 19.4. The van der Waals surface area contributed by atoms with Crippen molar-refractivity contribution in [2.75, 3.05) is 40.3 Å². The van der Waals surface area contributed by atoms with E-state index in [0.29, 0.717) is 12.3 Å². The van der Waals surface area contributed by atoms with Gasteiger partial charge in [-0.2, -0.15) is 0 Å². The lowest BCUT2D eigenvalue weighted by Gasteiger charge is -2.15. The van der Waals surface area contributed by atoms with Gasteiger partial charge >= 0.3 is 0 Å². The van der Waals surface area contributed by atoms with Gasteiger partial charge in [0.25, 0.3) is 0 Å². The van der Waals surface area contributed by atoms with E-state index in [0.717, 1.165) is 26.1 Å². The maximum absolute atomic E-state index is 10.9. The minimum Gasteiger partial charge on any atom is -0.309 e. The van der Waals surface area contributed by atoms with Crippen molar-refractivity contribution < 1.29 is 4.79 Å². The molecule has 70 valence electrons. The molecule has 3 nitrogen and oxygen atoms in total. The first kappa shape index (κ1) is 9.68. The molecule has 1 aliphatic rings. The first-order chi connectivity index (χ1) is 5.68. The summed E-state index contributed by atoms with van der Waals surface area (Å²) in [5.41, 5.74) is 0. The van der Waals surface area contributed by atoms with Gasteiger partial charge in [-0.3, -0.25) is 9.69 Å². The highest BCUT2D eigenvalue weighted by molar-refractivity contribution is 5.82. The molecule has 1 rings (SSSR count). The number of Topliss-reactive ketones (excluding diaryl/α,β-unsaturated/α-hetero) is 1. The second kappa shape index (κ2) is 4.58. The Bertz CT molecular complexity index is 157. The maximum Gasteiger partial charge on any atom is 0.148 e. The third kappa shape index (κ3) is 3.32. The Hall–Kier alpha value is -0.410. The Morgan fingerprint density at radius 3 is 2.75 bits per heavy atom. The molecule has 0 aromatic heterocycles. The lowest BCUT2D eigenvalue weighted by molar-refractivity contribution is -0.116. The van der Waals surface area contributed by atoms with Gasteiger partial charge < -0.3 is 4.90 Å². The Morgan fingerprint density at radius 1 is 1.50 bits per heavy atom. The third-order valence-corrected chi connectivity index (χ3v) is 2.19. The summed E-state index contributed by atoms with van der Waals surface area (Å²) in [7, 11) is 4.16. The average molecular weight is 170 g/mol. The molecule has 0 bridgehead atoms. The smallest absolute Gasteiger partial charge is 0.148 e. The van der Waals surface area contributed by atoms with Crippen molar-refractivity contribution >= 4 is 5.78 Å². The zero-order chi connectivity index (χ0) is 8.97. The molecule has 0 saturated carbocycles.